The Labute approximate surface area is 217 Å². The van der Waals surface area contributed by atoms with Gasteiger partial charge in [0.15, 0.2) is 0 Å². The number of carboxylic acids is 1. The number of carbonyl (C=O) groups is 2. The third-order valence-corrected chi connectivity index (χ3v) is 4.09. The number of hydrogen-bond acceptors (Lipinski definition) is 5. The van der Waals surface area contributed by atoms with Crippen LogP contribution in [0, 0.1) is 6.07 Å². The molecule has 1 aliphatic rings. The van der Waals surface area contributed by atoms with Crippen molar-refractivity contribution in [3.8, 4) is 11.1 Å². The molecule has 2 aromatic carbocycles. The molecular formula is C14H6K2O6S. The number of carbonyl (C=O) groups excluding carboxylic acids is 1. The number of rotatable bonds is 2. The van der Waals surface area contributed by atoms with Crippen molar-refractivity contribution in [3.63, 3.8) is 0 Å². The second kappa shape index (κ2) is 7.98. The summed E-state index contributed by atoms with van der Waals surface area (Å²) < 4.78 is 33.1. The van der Waals surface area contributed by atoms with Crippen LogP contribution in [0.3, 0.4) is 0 Å². The van der Waals surface area contributed by atoms with E-state index in [4.69, 9.17) is 5.11 Å². The molecule has 2 aromatic rings. The maximum absolute atomic E-state index is 12.2. The first-order chi connectivity index (χ1) is 9.80. The van der Waals surface area contributed by atoms with Gasteiger partial charge in [-0.25, -0.2) is 8.42 Å². The second-order valence-electron chi connectivity index (χ2n) is 4.45. The first kappa shape index (κ1) is 21.8. The van der Waals surface area contributed by atoms with Crippen LogP contribution in [-0.2, 0) is 10.1 Å². The van der Waals surface area contributed by atoms with Gasteiger partial charge < -0.3 is 14.5 Å². The van der Waals surface area contributed by atoms with E-state index >= 15 is 0 Å². The first-order valence-electron chi connectivity index (χ1n) is 5.73. The largest absolute Gasteiger partial charge is 1.00 e. The normalized spacial score (nSPS) is 11.8. The SMILES string of the molecule is O=C(O)c1c[c-]cc2c1-c1ccc(S(=O)(=O)[O-])cc1C2=O.[K+].[K+]. The molecule has 0 saturated heterocycles. The molecule has 0 spiro atoms. The molecule has 1 N–H and O–H groups in total. The van der Waals surface area contributed by atoms with Crippen LogP contribution in [0.5, 0.6) is 0 Å². The van der Waals surface area contributed by atoms with Crippen molar-refractivity contribution < 1.29 is 130 Å². The minimum absolute atomic E-state index is 0. The van der Waals surface area contributed by atoms with Crippen LogP contribution in [0.25, 0.3) is 11.1 Å². The average molecular weight is 380 g/mol. The summed E-state index contributed by atoms with van der Waals surface area (Å²) in [6.45, 7) is 0. The third kappa shape index (κ3) is 3.96. The Hall–Kier alpha value is 0.763. The number of carboxylic acid groups (broad SMARTS) is 1. The Morgan fingerprint density at radius 3 is 2.30 bits per heavy atom. The fourth-order valence-corrected chi connectivity index (χ4v) is 2.86. The molecule has 0 aromatic heterocycles. The zero-order valence-corrected chi connectivity index (χ0v) is 19.3. The van der Waals surface area contributed by atoms with E-state index in [0.29, 0.717) is 5.56 Å². The molecule has 0 unspecified atom stereocenters. The van der Waals surface area contributed by atoms with Gasteiger partial charge in [-0.1, -0.05) is 11.6 Å². The van der Waals surface area contributed by atoms with E-state index in [0.717, 1.165) is 12.1 Å². The van der Waals surface area contributed by atoms with Gasteiger partial charge in [0, 0.05) is 5.56 Å². The van der Waals surface area contributed by atoms with Crippen molar-refractivity contribution >= 4 is 21.9 Å². The van der Waals surface area contributed by atoms with Crippen molar-refractivity contribution in [1.29, 1.82) is 0 Å². The molecule has 0 aliphatic heterocycles. The minimum atomic E-state index is -4.69. The Bertz CT molecular complexity index is 921. The van der Waals surface area contributed by atoms with Gasteiger partial charge in [0.1, 0.15) is 15.9 Å². The minimum Gasteiger partial charge on any atom is -0.744 e. The van der Waals surface area contributed by atoms with Crippen LogP contribution in [0.15, 0.2) is 35.2 Å². The number of fused-ring (bicyclic) bond motifs is 3. The predicted octanol–water partition coefficient (Wildman–Crippen LogP) is -4.69. The van der Waals surface area contributed by atoms with Crippen molar-refractivity contribution in [2.45, 2.75) is 4.90 Å². The molecule has 9 heteroatoms. The van der Waals surface area contributed by atoms with Crippen LogP contribution in [-0.4, -0.2) is 29.8 Å². The van der Waals surface area contributed by atoms with Crippen molar-refractivity contribution in [1.82, 2.24) is 0 Å². The second-order valence-corrected chi connectivity index (χ2v) is 5.83. The maximum Gasteiger partial charge on any atom is 1.00 e. The van der Waals surface area contributed by atoms with Gasteiger partial charge >= 0.3 is 103 Å². The van der Waals surface area contributed by atoms with Crippen LogP contribution in [0.1, 0.15) is 26.3 Å². The van der Waals surface area contributed by atoms with E-state index in [1.807, 2.05) is 0 Å². The van der Waals surface area contributed by atoms with E-state index < -0.39 is 26.8 Å². The molecule has 106 valence electrons. The molecule has 0 fully saturated rings. The molecule has 0 radical (unpaired) electrons. The topological polar surface area (TPSA) is 112 Å². The van der Waals surface area contributed by atoms with Crippen LogP contribution in [0.4, 0.5) is 0 Å². The van der Waals surface area contributed by atoms with Crippen molar-refractivity contribution in [3.05, 3.63) is 53.1 Å². The summed E-state index contributed by atoms with van der Waals surface area (Å²) in [5.41, 5.74) is 0.552. The fourth-order valence-electron chi connectivity index (χ4n) is 2.37. The Kier molecular flexibility index (Phi) is 7.56. The summed E-state index contributed by atoms with van der Waals surface area (Å²) in [6.07, 6.45) is 0. The molecule has 0 saturated carbocycles. The standard InChI is InChI=1S/C14H7O6S.2K/c15-13-9-2-1-3-10(14(16)17)12(9)8-5-4-7(6-11(8)13)21(18,19)20;;/h2-6H,(H,16,17)(H,18,19,20);;/q-1;2*+1/p-1. The Balaban J connectivity index is 0.00000132. The van der Waals surface area contributed by atoms with Crippen LogP contribution >= 0.6 is 0 Å². The number of benzene rings is 2. The number of ketones is 1. The molecule has 1 aliphatic carbocycles. The molecular weight excluding hydrogens is 374 g/mol. The molecule has 6 nitrogen and oxygen atoms in total. The van der Waals surface area contributed by atoms with Gasteiger partial charge in [-0.2, -0.15) is 18.2 Å². The van der Waals surface area contributed by atoms with Gasteiger partial charge in [-0.3, -0.25) is 4.79 Å². The number of hydrogen-bond donors (Lipinski definition) is 1. The molecule has 0 amide bonds. The zero-order chi connectivity index (χ0) is 15.4. The summed E-state index contributed by atoms with van der Waals surface area (Å²) in [5.74, 6) is -1.74. The first-order valence-corrected chi connectivity index (χ1v) is 7.14. The summed E-state index contributed by atoms with van der Waals surface area (Å²) >= 11 is 0. The van der Waals surface area contributed by atoms with E-state index in [-0.39, 0.29) is 125 Å². The summed E-state index contributed by atoms with van der Waals surface area (Å²) in [5, 5.41) is 9.17. The fraction of sp³-hybridized carbons (Fsp3) is 0. The summed E-state index contributed by atoms with van der Waals surface area (Å²) in [7, 11) is -4.69. The average Bonchev–Trinajstić information content (AvgIpc) is 2.71. The molecule has 3 rings (SSSR count). The molecule has 23 heavy (non-hydrogen) atoms. The van der Waals surface area contributed by atoms with E-state index in [9.17, 15) is 22.6 Å². The summed E-state index contributed by atoms with van der Waals surface area (Å²) in [4.78, 5) is 22.9. The van der Waals surface area contributed by atoms with Crippen molar-refractivity contribution in [2.75, 3.05) is 0 Å². The van der Waals surface area contributed by atoms with E-state index in [2.05, 4.69) is 6.07 Å². The van der Waals surface area contributed by atoms with Crippen LogP contribution in [0.2, 0.25) is 0 Å². The molecule has 0 bridgehead atoms. The van der Waals surface area contributed by atoms with Gasteiger partial charge in [-0.15, -0.1) is 5.56 Å². The Morgan fingerprint density at radius 2 is 1.74 bits per heavy atom. The summed E-state index contributed by atoms with van der Waals surface area (Å²) in [6, 6.07) is 8.47. The van der Waals surface area contributed by atoms with Gasteiger partial charge in [0.25, 0.3) is 5.97 Å². The molecule has 0 atom stereocenters. The third-order valence-electron chi connectivity index (χ3n) is 3.26. The zero-order valence-electron chi connectivity index (χ0n) is 12.3. The predicted molar refractivity (Wildman–Crippen MR) is 69.1 cm³/mol. The smallest absolute Gasteiger partial charge is 0.744 e. The maximum atomic E-state index is 12.2. The van der Waals surface area contributed by atoms with Crippen molar-refractivity contribution in [2.24, 2.45) is 0 Å². The number of aromatic carboxylic acids is 1. The quantitative estimate of drug-likeness (QED) is 0.272. The monoisotopic (exact) mass is 380 g/mol. The molecule has 0 heterocycles. The Morgan fingerprint density at radius 1 is 1.09 bits per heavy atom. The van der Waals surface area contributed by atoms with E-state index in [1.165, 1.54) is 18.2 Å². The van der Waals surface area contributed by atoms with Gasteiger partial charge in [-0.05, 0) is 23.3 Å². The van der Waals surface area contributed by atoms with Gasteiger partial charge in [0.05, 0.1) is 4.90 Å². The van der Waals surface area contributed by atoms with E-state index in [1.54, 1.807) is 0 Å². The van der Waals surface area contributed by atoms with Crippen LogP contribution < -0.4 is 103 Å². The van der Waals surface area contributed by atoms with Gasteiger partial charge in [0.2, 0.25) is 0 Å².